The van der Waals surface area contributed by atoms with Gasteiger partial charge >= 0.3 is 0 Å². The molecule has 2 aromatic rings. The van der Waals surface area contributed by atoms with Crippen molar-refractivity contribution in [1.29, 1.82) is 0 Å². The van der Waals surface area contributed by atoms with E-state index in [2.05, 4.69) is 10.2 Å². The molecule has 0 bridgehead atoms. The van der Waals surface area contributed by atoms with Gasteiger partial charge < -0.3 is 10.2 Å². The summed E-state index contributed by atoms with van der Waals surface area (Å²) in [5, 5.41) is 2.82. The van der Waals surface area contributed by atoms with Crippen LogP contribution >= 0.6 is 0 Å². The summed E-state index contributed by atoms with van der Waals surface area (Å²) in [6.45, 7) is 2.36. The van der Waals surface area contributed by atoms with Gasteiger partial charge in [-0.3, -0.25) is 9.59 Å². The highest BCUT2D eigenvalue weighted by Crippen LogP contribution is 2.13. The molecule has 2 rings (SSSR count). The maximum Gasteiger partial charge on any atom is 0.255 e. The first kappa shape index (κ1) is 15.9. The molecule has 0 aliphatic heterocycles. The number of carbonyl (C=O) groups excluding carboxylic acids is 2. The van der Waals surface area contributed by atoms with Gasteiger partial charge in [-0.2, -0.15) is 0 Å². The van der Waals surface area contributed by atoms with Crippen LogP contribution in [0.1, 0.15) is 33.2 Å². The Balaban J connectivity index is 2.03. The van der Waals surface area contributed by atoms with Crippen LogP contribution in [0.5, 0.6) is 0 Å². The van der Waals surface area contributed by atoms with Crippen LogP contribution in [-0.4, -0.2) is 30.7 Å². The van der Waals surface area contributed by atoms with Gasteiger partial charge in [0.1, 0.15) is 0 Å². The summed E-state index contributed by atoms with van der Waals surface area (Å²) >= 11 is 0. The van der Waals surface area contributed by atoms with Crippen LogP contribution in [0, 0.1) is 0 Å². The van der Waals surface area contributed by atoms with Crippen molar-refractivity contribution >= 4 is 17.4 Å². The number of rotatable bonds is 5. The molecule has 1 N–H and O–H groups in total. The minimum atomic E-state index is -0.160. The first-order valence-corrected chi connectivity index (χ1v) is 7.12. The molecule has 4 nitrogen and oxygen atoms in total. The molecule has 2 aromatic carbocycles. The zero-order chi connectivity index (χ0) is 16.1. The van der Waals surface area contributed by atoms with Crippen LogP contribution in [-0.2, 0) is 6.54 Å². The number of hydrogen-bond acceptors (Lipinski definition) is 3. The van der Waals surface area contributed by atoms with Gasteiger partial charge in [0, 0.05) is 23.4 Å². The molecule has 0 atom stereocenters. The van der Waals surface area contributed by atoms with Crippen LogP contribution in [0.25, 0.3) is 0 Å². The highest BCUT2D eigenvalue weighted by molar-refractivity contribution is 6.04. The Hall–Kier alpha value is -2.46. The van der Waals surface area contributed by atoms with E-state index in [0.717, 1.165) is 12.1 Å². The molecule has 0 aromatic heterocycles. The normalized spacial score (nSPS) is 10.5. The first-order valence-electron chi connectivity index (χ1n) is 7.12. The van der Waals surface area contributed by atoms with E-state index in [9.17, 15) is 9.59 Å². The van der Waals surface area contributed by atoms with Crippen molar-refractivity contribution in [3.63, 3.8) is 0 Å². The quantitative estimate of drug-likeness (QED) is 0.862. The van der Waals surface area contributed by atoms with Gasteiger partial charge in [0.15, 0.2) is 5.78 Å². The minimum Gasteiger partial charge on any atom is -0.322 e. The molecule has 0 saturated carbocycles. The molecule has 0 aliphatic rings. The van der Waals surface area contributed by atoms with Crippen molar-refractivity contribution in [2.24, 2.45) is 0 Å². The monoisotopic (exact) mass is 296 g/mol. The highest BCUT2D eigenvalue weighted by Gasteiger charge is 2.07. The van der Waals surface area contributed by atoms with E-state index in [1.807, 2.05) is 38.4 Å². The molecular formula is C18H20N2O2. The van der Waals surface area contributed by atoms with Gasteiger partial charge in [0.05, 0.1) is 0 Å². The Morgan fingerprint density at radius 2 is 1.45 bits per heavy atom. The zero-order valence-electron chi connectivity index (χ0n) is 13.1. The second-order valence-corrected chi connectivity index (χ2v) is 5.52. The summed E-state index contributed by atoms with van der Waals surface area (Å²) < 4.78 is 0. The Bertz CT molecular complexity index is 658. The Labute approximate surface area is 130 Å². The highest BCUT2D eigenvalue weighted by atomic mass is 16.1. The van der Waals surface area contributed by atoms with Crippen molar-refractivity contribution < 1.29 is 9.59 Å². The van der Waals surface area contributed by atoms with Crippen LogP contribution in [0.4, 0.5) is 5.69 Å². The topological polar surface area (TPSA) is 49.4 Å². The van der Waals surface area contributed by atoms with E-state index in [4.69, 9.17) is 0 Å². The third kappa shape index (κ3) is 4.27. The lowest BCUT2D eigenvalue weighted by molar-refractivity contribution is 0.101. The van der Waals surface area contributed by atoms with Gasteiger partial charge in [-0.25, -0.2) is 0 Å². The number of anilines is 1. The number of hydrogen-bond donors (Lipinski definition) is 1. The zero-order valence-corrected chi connectivity index (χ0v) is 13.1. The maximum absolute atomic E-state index is 12.2. The number of Topliss-reactive ketones (excluding diaryl/α,β-unsaturated/α-hetero) is 1. The average Bonchev–Trinajstić information content (AvgIpc) is 2.48. The van der Waals surface area contributed by atoms with Gasteiger partial charge in [-0.15, -0.1) is 0 Å². The second-order valence-electron chi connectivity index (χ2n) is 5.52. The van der Waals surface area contributed by atoms with E-state index >= 15 is 0 Å². The Morgan fingerprint density at radius 3 is 1.95 bits per heavy atom. The summed E-state index contributed by atoms with van der Waals surface area (Å²) in [6, 6.07) is 14.4. The number of benzene rings is 2. The molecule has 0 heterocycles. The molecule has 0 aliphatic carbocycles. The molecule has 0 saturated heterocycles. The third-order valence-corrected chi connectivity index (χ3v) is 3.26. The smallest absolute Gasteiger partial charge is 0.255 e. The molecule has 0 fully saturated rings. The van der Waals surface area contributed by atoms with E-state index < -0.39 is 0 Å². The largest absolute Gasteiger partial charge is 0.322 e. The number of nitrogens with zero attached hydrogens (tertiary/aromatic N) is 1. The Morgan fingerprint density at radius 1 is 0.909 bits per heavy atom. The van der Waals surface area contributed by atoms with Crippen molar-refractivity contribution in [3.8, 4) is 0 Å². The fourth-order valence-corrected chi connectivity index (χ4v) is 2.12. The van der Waals surface area contributed by atoms with Crippen molar-refractivity contribution in [1.82, 2.24) is 4.90 Å². The SMILES string of the molecule is CC(=O)c1ccc(NC(=O)c2ccc(CN(C)C)cc2)cc1. The fraction of sp³-hybridized carbons (Fsp3) is 0.222. The van der Waals surface area contributed by atoms with E-state index in [-0.39, 0.29) is 11.7 Å². The van der Waals surface area contributed by atoms with Gasteiger partial charge in [-0.1, -0.05) is 12.1 Å². The van der Waals surface area contributed by atoms with Gasteiger partial charge in [0.25, 0.3) is 5.91 Å². The van der Waals surface area contributed by atoms with E-state index in [0.29, 0.717) is 16.8 Å². The van der Waals surface area contributed by atoms with Crippen LogP contribution in [0.3, 0.4) is 0 Å². The molecular weight excluding hydrogens is 276 g/mol. The van der Waals surface area contributed by atoms with Crippen LogP contribution in [0.2, 0.25) is 0 Å². The number of nitrogens with one attached hydrogen (secondary N) is 1. The van der Waals surface area contributed by atoms with Crippen molar-refractivity contribution in [2.45, 2.75) is 13.5 Å². The molecule has 0 radical (unpaired) electrons. The summed E-state index contributed by atoms with van der Waals surface area (Å²) in [5.74, 6) is -0.152. The molecule has 0 unspecified atom stereocenters. The van der Waals surface area contributed by atoms with Gasteiger partial charge in [0.2, 0.25) is 0 Å². The summed E-state index contributed by atoms with van der Waals surface area (Å²) in [7, 11) is 4.01. The van der Waals surface area contributed by atoms with E-state index in [1.165, 1.54) is 6.92 Å². The number of carbonyl (C=O) groups is 2. The molecule has 4 heteroatoms. The number of ketones is 1. The minimum absolute atomic E-state index is 0.00866. The number of amides is 1. The van der Waals surface area contributed by atoms with Crippen molar-refractivity contribution in [2.75, 3.05) is 19.4 Å². The van der Waals surface area contributed by atoms with Crippen LogP contribution < -0.4 is 5.32 Å². The predicted molar refractivity (Wildman–Crippen MR) is 88.2 cm³/mol. The third-order valence-electron chi connectivity index (χ3n) is 3.26. The van der Waals surface area contributed by atoms with Gasteiger partial charge in [-0.05, 0) is 63.0 Å². The lowest BCUT2D eigenvalue weighted by Crippen LogP contribution is -2.13. The molecule has 22 heavy (non-hydrogen) atoms. The standard InChI is InChI=1S/C18H20N2O2/c1-13(21)15-8-10-17(11-9-15)19-18(22)16-6-4-14(5-7-16)12-20(2)3/h4-11H,12H2,1-3H3,(H,19,22). The lowest BCUT2D eigenvalue weighted by atomic mass is 10.1. The molecule has 0 spiro atoms. The van der Waals surface area contributed by atoms with E-state index in [1.54, 1.807) is 24.3 Å². The fourth-order valence-electron chi connectivity index (χ4n) is 2.12. The maximum atomic E-state index is 12.2. The summed E-state index contributed by atoms with van der Waals surface area (Å²) in [6.07, 6.45) is 0. The summed E-state index contributed by atoms with van der Waals surface area (Å²) in [4.78, 5) is 25.5. The Kier molecular flexibility index (Phi) is 5.07. The molecule has 1 amide bonds. The summed E-state index contributed by atoms with van der Waals surface area (Å²) in [5.41, 5.74) is 3.07. The average molecular weight is 296 g/mol. The second kappa shape index (κ2) is 7.00. The lowest BCUT2D eigenvalue weighted by Gasteiger charge is -2.10. The predicted octanol–water partition coefficient (Wildman–Crippen LogP) is 3.20. The van der Waals surface area contributed by atoms with Crippen molar-refractivity contribution in [3.05, 3.63) is 65.2 Å². The molecule has 114 valence electrons. The van der Waals surface area contributed by atoms with Crippen LogP contribution in [0.15, 0.2) is 48.5 Å². The first-order chi connectivity index (χ1) is 10.5.